The Balaban J connectivity index is 2.02. The maximum absolute atomic E-state index is 13.4. The molecule has 0 saturated carbocycles. The van der Waals surface area contributed by atoms with Gasteiger partial charge in [0, 0.05) is 18.7 Å². The van der Waals surface area contributed by atoms with Crippen LogP contribution in [0.15, 0.2) is 35.5 Å². The molecular formula is C13H17FN4O2S. The average Bonchev–Trinajstić information content (AvgIpc) is 2.90. The summed E-state index contributed by atoms with van der Waals surface area (Å²) >= 11 is 0. The molecule has 8 heteroatoms. The van der Waals surface area contributed by atoms with Crippen LogP contribution in [0.2, 0.25) is 0 Å². The predicted octanol–water partition coefficient (Wildman–Crippen LogP) is 0.789. The van der Waals surface area contributed by atoms with Crippen LogP contribution in [0, 0.1) is 5.82 Å². The number of sulfonamides is 1. The zero-order valence-corrected chi connectivity index (χ0v) is 12.4. The van der Waals surface area contributed by atoms with E-state index in [2.05, 4.69) is 20.2 Å². The second kappa shape index (κ2) is 6.79. The van der Waals surface area contributed by atoms with E-state index in [0.29, 0.717) is 17.7 Å². The molecular weight excluding hydrogens is 295 g/mol. The molecule has 0 radical (unpaired) electrons. The van der Waals surface area contributed by atoms with Crippen molar-refractivity contribution in [2.24, 2.45) is 0 Å². The number of nitrogens with one attached hydrogen (secondary N) is 3. The summed E-state index contributed by atoms with van der Waals surface area (Å²) in [5.41, 5.74) is 1.02. The van der Waals surface area contributed by atoms with E-state index >= 15 is 0 Å². The SMILES string of the molecule is CNCc1cn[nH]c1S(=O)(=O)NCCc1ccccc1F. The van der Waals surface area contributed by atoms with Crippen molar-refractivity contribution in [3.05, 3.63) is 47.4 Å². The second-order valence-electron chi connectivity index (χ2n) is 4.49. The summed E-state index contributed by atoms with van der Waals surface area (Å²) in [4.78, 5) is 0. The highest BCUT2D eigenvalue weighted by molar-refractivity contribution is 7.89. The molecule has 114 valence electrons. The van der Waals surface area contributed by atoms with Crippen LogP contribution < -0.4 is 10.0 Å². The van der Waals surface area contributed by atoms with Gasteiger partial charge < -0.3 is 5.32 Å². The number of halogens is 1. The Bertz CT molecular complexity index is 700. The third-order valence-corrected chi connectivity index (χ3v) is 4.43. The van der Waals surface area contributed by atoms with E-state index in [4.69, 9.17) is 0 Å². The largest absolute Gasteiger partial charge is 0.316 e. The number of rotatable bonds is 7. The van der Waals surface area contributed by atoms with Crippen LogP contribution in [0.5, 0.6) is 0 Å². The van der Waals surface area contributed by atoms with Crippen LogP contribution in [0.25, 0.3) is 0 Å². The van der Waals surface area contributed by atoms with Gasteiger partial charge in [0.1, 0.15) is 5.82 Å². The second-order valence-corrected chi connectivity index (χ2v) is 6.20. The molecule has 0 aliphatic carbocycles. The summed E-state index contributed by atoms with van der Waals surface area (Å²) < 4.78 is 40.2. The number of hydrogen-bond acceptors (Lipinski definition) is 4. The fourth-order valence-corrected chi connectivity index (χ4v) is 3.10. The first-order valence-electron chi connectivity index (χ1n) is 6.44. The Labute approximate surface area is 122 Å². The average molecular weight is 312 g/mol. The van der Waals surface area contributed by atoms with Crippen molar-refractivity contribution in [2.45, 2.75) is 18.0 Å². The minimum Gasteiger partial charge on any atom is -0.316 e. The van der Waals surface area contributed by atoms with Crippen LogP contribution in [0.4, 0.5) is 4.39 Å². The van der Waals surface area contributed by atoms with Gasteiger partial charge in [-0.1, -0.05) is 18.2 Å². The van der Waals surface area contributed by atoms with Gasteiger partial charge in [-0.05, 0) is 25.1 Å². The van der Waals surface area contributed by atoms with Gasteiger partial charge in [0.25, 0.3) is 10.0 Å². The van der Waals surface area contributed by atoms with Crippen molar-refractivity contribution in [1.82, 2.24) is 20.2 Å². The molecule has 0 unspecified atom stereocenters. The molecule has 3 N–H and O–H groups in total. The van der Waals surface area contributed by atoms with Gasteiger partial charge in [0.05, 0.1) is 6.20 Å². The summed E-state index contributed by atoms with van der Waals surface area (Å²) in [5.74, 6) is -0.339. The lowest BCUT2D eigenvalue weighted by molar-refractivity contribution is 0.571. The third kappa shape index (κ3) is 3.87. The summed E-state index contributed by atoms with van der Waals surface area (Å²) in [6.07, 6.45) is 1.74. The Morgan fingerprint density at radius 2 is 2.05 bits per heavy atom. The summed E-state index contributed by atoms with van der Waals surface area (Å²) in [6, 6.07) is 6.29. The molecule has 21 heavy (non-hydrogen) atoms. The lowest BCUT2D eigenvalue weighted by Gasteiger charge is -2.07. The molecule has 1 aromatic heterocycles. The van der Waals surface area contributed by atoms with E-state index < -0.39 is 10.0 Å². The maximum Gasteiger partial charge on any atom is 0.257 e. The van der Waals surface area contributed by atoms with Crippen LogP contribution in [0.3, 0.4) is 0 Å². The first-order chi connectivity index (χ1) is 10.0. The predicted molar refractivity (Wildman–Crippen MR) is 76.6 cm³/mol. The topological polar surface area (TPSA) is 86.9 Å². The number of hydrogen-bond donors (Lipinski definition) is 3. The van der Waals surface area contributed by atoms with Gasteiger partial charge in [-0.15, -0.1) is 0 Å². The highest BCUT2D eigenvalue weighted by Crippen LogP contribution is 2.12. The van der Waals surface area contributed by atoms with E-state index in [1.54, 1.807) is 25.2 Å². The van der Waals surface area contributed by atoms with Gasteiger partial charge in [-0.2, -0.15) is 5.10 Å². The van der Waals surface area contributed by atoms with Crippen LogP contribution in [-0.2, 0) is 23.0 Å². The lowest BCUT2D eigenvalue weighted by atomic mass is 10.1. The smallest absolute Gasteiger partial charge is 0.257 e. The van der Waals surface area contributed by atoms with Crippen molar-refractivity contribution < 1.29 is 12.8 Å². The van der Waals surface area contributed by atoms with Crippen LogP contribution in [0.1, 0.15) is 11.1 Å². The number of aromatic nitrogens is 2. The van der Waals surface area contributed by atoms with Gasteiger partial charge >= 0.3 is 0 Å². The van der Waals surface area contributed by atoms with Crippen molar-refractivity contribution in [3.63, 3.8) is 0 Å². The Hall–Kier alpha value is -1.77. The van der Waals surface area contributed by atoms with Crippen LogP contribution >= 0.6 is 0 Å². The minimum atomic E-state index is -3.68. The molecule has 0 aliphatic heterocycles. The van der Waals surface area contributed by atoms with E-state index in [0.717, 1.165) is 0 Å². The van der Waals surface area contributed by atoms with E-state index in [1.807, 2.05) is 0 Å². The van der Waals surface area contributed by atoms with E-state index in [-0.39, 0.29) is 23.8 Å². The zero-order chi connectivity index (χ0) is 15.3. The third-order valence-electron chi connectivity index (χ3n) is 2.96. The van der Waals surface area contributed by atoms with Gasteiger partial charge in [-0.25, -0.2) is 17.5 Å². The molecule has 0 spiro atoms. The minimum absolute atomic E-state index is 0.0328. The number of aromatic amines is 1. The quantitative estimate of drug-likeness (QED) is 0.705. The molecule has 0 aliphatic rings. The number of benzene rings is 1. The highest BCUT2D eigenvalue weighted by Gasteiger charge is 2.20. The highest BCUT2D eigenvalue weighted by atomic mass is 32.2. The first-order valence-corrected chi connectivity index (χ1v) is 7.93. The Morgan fingerprint density at radius 1 is 1.29 bits per heavy atom. The molecule has 0 fully saturated rings. The van der Waals surface area contributed by atoms with Crippen molar-refractivity contribution >= 4 is 10.0 Å². The lowest BCUT2D eigenvalue weighted by Crippen LogP contribution is -2.27. The summed E-state index contributed by atoms with van der Waals surface area (Å²) in [7, 11) is -1.97. The molecule has 0 bridgehead atoms. The normalized spacial score (nSPS) is 11.7. The van der Waals surface area contributed by atoms with E-state index in [1.165, 1.54) is 12.3 Å². The molecule has 2 aromatic rings. The number of H-pyrrole nitrogens is 1. The Morgan fingerprint density at radius 3 is 2.76 bits per heavy atom. The van der Waals surface area contributed by atoms with Gasteiger partial charge in [-0.3, -0.25) is 5.10 Å². The van der Waals surface area contributed by atoms with Crippen molar-refractivity contribution in [3.8, 4) is 0 Å². The van der Waals surface area contributed by atoms with Crippen molar-refractivity contribution in [2.75, 3.05) is 13.6 Å². The maximum atomic E-state index is 13.4. The standard InChI is InChI=1S/C13H17FN4O2S/c1-15-8-11-9-16-18-13(11)21(19,20)17-7-6-10-4-2-3-5-12(10)14/h2-5,9,15,17H,6-8H2,1H3,(H,16,18). The Kier molecular flexibility index (Phi) is 5.05. The molecule has 1 heterocycles. The molecule has 0 atom stereocenters. The molecule has 0 saturated heterocycles. The summed E-state index contributed by atoms with van der Waals surface area (Å²) in [6.45, 7) is 0.501. The van der Waals surface area contributed by atoms with E-state index in [9.17, 15) is 12.8 Å². The van der Waals surface area contributed by atoms with Crippen molar-refractivity contribution in [1.29, 1.82) is 0 Å². The first kappa shape index (κ1) is 15.6. The molecule has 0 amide bonds. The molecule has 1 aromatic carbocycles. The van der Waals surface area contributed by atoms with Crippen LogP contribution in [-0.4, -0.2) is 32.2 Å². The molecule has 2 rings (SSSR count). The van der Waals surface area contributed by atoms with Gasteiger partial charge in [0.2, 0.25) is 0 Å². The number of nitrogens with zero attached hydrogens (tertiary/aromatic N) is 1. The zero-order valence-electron chi connectivity index (χ0n) is 11.6. The fourth-order valence-electron chi connectivity index (χ4n) is 1.94. The fraction of sp³-hybridized carbons (Fsp3) is 0.308. The summed E-state index contributed by atoms with van der Waals surface area (Å²) in [5, 5.41) is 9.12. The van der Waals surface area contributed by atoms with Gasteiger partial charge in [0.15, 0.2) is 5.03 Å². The molecule has 6 nitrogen and oxygen atoms in total. The monoisotopic (exact) mass is 312 g/mol.